The van der Waals surface area contributed by atoms with Crippen molar-refractivity contribution in [2.75, 3.05) is 5.32 Å². The molecule has 0 heterocycles. The Morgan fingerprint density at radius 2 is 1.54 bits per heavy atom. The second kappa shape index (κ2) is 6.78. The van der Waals surface area contributed by atoms with Crippen LogP contribution in [0.4, 0.5) is 14.5 Å². The van der Waals surface area contributed by atoms with E-state index in [0.717, 1.165) is 18.2 Å². The summed E-state index contributed by atoms with van der Waals surface area (Å²) < 4.78 is 26.7. The third kappa shape index (κ3) is 4.62. The third-order valence-electron chi connectivity index (χ3n) is 3.07. The first-order chi connectivity index (χ1) is 11.2. The molecular weight excluding hydrogens is 314 g/mol. The van der Waals surface area contributed by atoms with Crippen LogP contribution in [0.3, 0.4) is 0 Å². The zero-order valence-corrected chi connectivity index (χ0v) is 13.6. The number of hydrogen-bond donors (Lipinski definition) is 2. The van der Waals surface area contributed by atoms with Crippen LogP contribution in [0.25, 0.3) is 0 Å². The Kier molecular flexibility index (Phi) is 4.97. The van der Waals surface area contributed by atoms with Crippen LogP contribution in [-0.2, 0) is 0 Å². The number of hydrogen-bond acceptors (Lipinski definition) is 2. The van der Waals surface area contributed by atoms with E-state index in [0.29, 0.717) is 11.3 Å². The summed E-state index contributed by atoms with van der Waals surface area (Å²) in [7, 11) is 0. The van der Waals surface area contributed by atoms with Gasteiger partial charge in [-0.05, 0) is 63.2 Å². The molecule has 2 rings (SSSR count). The second-order valence-corrected chi connectivity index (χ2v) is 6.36. The summed E-state index contributed by atoms with van der Waals surface area (Å²) in [6.45, 7) is 5.60. The molecule has 24 heavy (non-hydrogen) atoms. The van der Waals surface area contributed by atoms with Crippen molar-refractivity contribution in [1.29, 1.82) is 0 Å². The van der Waals surface area contributed by atoms with Crippen LogP contribution in [0.1, 0.15) is 41.5 Å². The average Bonchev–Trinajstić information content (AvgIpc) is 2.48. The predicted octanol–water partition coefficient (Wildman–Crippen LogP) is 3.75. The molecule has 0 aliphatic rings. The lowest BCUT2D eigenvalue weighted by atomic mass is 10.1. The van der Waals surface area contributed by atoms with Gasteiger partial charge in [-0.15, -0.1) is 0 Å². The molecule has 0 bridgehead atoms. The summed E-state index contributed by atoms with van der Waals surface area (Å²) in [6.07, 6.45) is 0. The molecule has 6 heteroatoms. The van der Waals surface area contributed by atoms with E-state index in [1.165, 1.54) is 12.1 Å². The van der Waals surface area contributed by atoms with Crippen LogP contribution >= 0.6 is 0 Å². The topological polar surface area (TPSA) is 58.2 Å². The van der Waals surface area contributed by atoms with Crippen molar-refractivity contribution in [2.45, 2.75) is 26.3 Å². The Morgan fingerprint density at radius 1 is 0.917 bits per heavy atom. The molecule has 0 aliphatic heterocycles. The van der Waals surface area contributed by atoms with E-state index in [1.807, 2.05) is 20.8 Å². The number of carbonyl (C=O) groups excluding carboxylic acids is 2. The normalized spacial score (nSPS) is 11.0. The quantitative estimate of drug-likeness (QED) is 0.899. The largest absolute Gasteiger partial charge is 0.347 e. The number of halogens is 2. The molecule has 0 saturated carbocycles. The molecule has 0 radical (unpaired) electrons. The van der Waals surface area contributed by atoms with E-state index in [9.17, 15) is 18.4 Å². The number of carbonyl (C=O) groups is 2. The maximum atomic E-state index is 13.6. The zero-order chi connectivity index (χ0) is 17.9. The van der Waals surface area contributed by atoms with Gasteiger partial charge < -0.3 is 10.6 Å². The first-order valence-electron chi connectivity index (χ1n) is 7.35. The molecule has 0 atom stereocenters. The van der Waals surface area contributed by atoms with Gasteiger partial charge in [0.15, 0.2) is 0 Å². The van der Waals surface area contributed by atoms with Crippen molar-refractivity contribution < 1.29 is 18.4 Å². The number of benzene rings is 2. The predicted molar refractivity (Wildman–Crippen MR) is 88.0 cm³/mol. The smallest absolute Gasteiger partial charge is 0.258 e. The first-order valence-corrected chi connectivity index (χ1v) is 7.35. The van der Waals surface area contributed by atoms with Crippen molar-refractivity contribution in [2.24, 2.45) is 0 Å². The fraction of sp³-hybridized carbons (Fsp3) is 0.222. The summed E-state index contributed by atoms with van der Waals surface area (Å²) >= 11 is 0. The van der Waals surface area contributed by atoms with Crippen LogP contribution in [0.5, 0.6) is 0 Å². The van der Waals surface area contributed by atoms with Crippen LogP contribution < -0.4 is 10.6 Å². The van der Waals surface area contributed by atoms with Gasteiger partial charge in [-0.25, -0.2) is 8.78 Å². The Labute approximate surface area is 138 Å². The minimum Gasteiger partial charge on any atom is -0.347 e. The Balaban J connectivity index is 2.10. The summed E-state index contributed by atoms with van der Waals surface area (Å²) in [5.74, 6) is -2.51. The van der Waals surface area contributed by atoms with E-state index in [1.54, 1.807) is 12.1 Å². The fourth-order valence-electron chi connectivity index (χ4n) is 1.99. The van der Waals surface area contributed by atoms with E-state index in [4.69, 9.17) is 0 Å². The van der Waals surface area contributed by atoms with Gasteiger partial charge in [-0.3, -0.25) is 9.59 Å². The van der Waals surface area contributed by atoms with Gasteiger partial charge in [0.2, 0.25) is 0 Å². The molecule has 4 nitrogen and oxygen atoms in total. The van der Waals surface area contributed by atoms with Gasteiger partial charge in [0.1, 0.15) is 11.6 Å². The van der Waals surface area contributed by atoms with Crippen molar-refractivity contribution in [3.63, 3.8) is 0 Å². The SMILES string of the molecule is CC(C)(C)NC(=O)c1ccc(NC(=O)c2cc(F)ccc2F)cc1. The van der Waals surface area contributed by atoms with Crippen LogP contribution in [0.2, 0.25) is 0 Å². The van der Waals surface area contributed by atoms with Crippen molar-refractivity contribution >= 4 is 17.5 Å². The van der Waals surface area contributed by atoms with Crippen LogP contribution in [-0.4, -0.2) is 17.4 Å². The minimum absolute atomic E-state index is 0.239. The number of nitrogens with one attached hydrogen (secondary N) is 2. The standard InChI is InChI=1S/C18H18F2N2O2/c1-18(2,3)22-16(23)11-4-7-13(8-5-11)21-17(24)14-10-12(19)6-9-15(14)20/h4-10H,1-3H3,(H,21,24)(H,22,23). The van der Waals surface area contributed by atoms with Crippen molar-refractivity contribution in [1.82, 2.24) is 5.32 Å². The lowest BCUT2D eigenvalue weighted by molar-refractivity contribution is 0.0919. The summed E-state index contributed by atoms with van der Waals surface area (Å²) in [5, 5.41) is 5.28. The number of amides is 2. The molecule has 0 fully saturated rings. The van der Waals surface area contributed by atoms with E-state index in [2.05, 4.69) is 10.6 Å². The summed E-state index contributed by atoms with van der Waals surface area (Å²) in [5.41, 5.74) is 0.0548. The summed E-state index contributed by atoms with van der Waals surface area (Å²) in [6, 6.07) is 8.78. The second-order valence-electron chi connectivity index (χ2n) is 6.36. The first kappa shape index (κ1) is 17.6. The van der Waals surface area contributed by atoms with Crippen LogP contribution in [0.15, 0.2) is 42.5 Å². The van der Waals surface area contributed by atoms with Gasteiger partial charge in [-0.2, -0.15) is 0 Å². The highest BCUT2D eigenvalue weighted by atomic mass is 19.1. The highest BCUT2D eigenvalue weighted by Crippen LogP contribution is 2.15. The van der Waals surface area contributed by atoms with E-state index in [-0.39, 0.29) is 17.0 Å². The average molecular weight is 332 g/mol. The molecule has 0 unspecified atom stereocenters. The van der Waals surface area contributed by atoms with E-state index >= 15 is 0 Å². The molecule has 0 saturated heterocycles. The lowest BCUT2D eigenvalue weighted by Gasteiger charge is -2.20. The Bertz CT molecular complexity index is 766. The summed E-state index contributed by atoms with van der Waals surface area (Å²) in [4.78, 5) is 24.0. The molecule has 2 amide bonds. The highest BCUT2D eigenvalue weighted by molar-refractivity contribution is 6.04. The molecule has 2 aromatic carbocycles. The monoisotopic (exact) mass is 332 g/mol. The van der Waals surface area contributed by atoms with Gasteiger partial charge in [0, 0.05) is 16.8 Å². The maximum absolute atomic E-state index is 13.6. The Morgan fingerprint density at radius 3 is 2.12 bits per heavy atom. The van der Waals surface area contributed by atoms with Crippen molar-refractivity contribution in [3.05, 3.63) is 65.2 Å². The molecule has 0 aliphatic carbocycles. The maximum Gasteiger partial charge on any atom is 0.258 e. The van der Waals surface area contributed by atoms with Crippen molar-refractivity contribution in [3.8, 4) is 0 Å². The van der Waals surface area contributed by atoms with Crippen LogP contribution in [0, 0.1) is 11.6 Å². The van der Waals surface area contributed by atoms with Gasteiger partial charge in [-0.1, -0.05) is 0 Å². The van der Waals surface area contributed by atoms with E-state index < -0.39 is 17.5 Å². The zero-order valence-electron chi connectivity index (χ0n) is 13.6. The minimum atomic E-state index is -0.810. The third-order valence-corrected chi connectivity index (χ3v) is 3.07. The lowest BCUT2D eigenvalue weighted by Crippen LogP contribution is -2.40. The van der Waals surface area contributed by atoms with Gasteiger partial charge in [0.05, 0.1) is 5.56 Å². The Hall–Kier alpha value is -2.76. The number of rotatable bonds is 3. The molecule has 0 aromatic heterocycles. The molecule has 2 aromatic rings. The molecule has 126 valence electrons. The molecular formula is C18H18F2N2O2. The number of anilines is 1. The molecule has 2 N–H and O–H groups in total. The van der Waals surface area contributed by atoms with Gasteiger partial charge in [0.25, 0.3) is 11.8 Å². The highest BCUT2D eigenvalue weighted by Gasteiger charge is 2.16. The van der Waals surface area contributed by atoms with Gasteiger partial charge >= 0.3 is 0 Å². The molecule has 0 spiro atoms. The fourth-order valence-corrected chi connectivity index (χ4v) is 1.99.